The third kappa shape index (κ3) is 47.3. The van der Waals surface area contributed by atoms with E-state index in [0.717, 1.165) is 11.1 Å². The maximum atomic E-state index is 7.94. The van der Waals surface area contributed by atoms with Crippen molar-refractivity contribution < 1.29 is 39.8 Å². The van der Waals surface area contributed by atoms with E-state index in [2.05, 4.69) is 129 Å². The molecule has 0 saturated carbocycles. The Balaban J connectivity index is -0.000000263. The van der Waals surface area contributed by atoms with Crippen LogP contribution in [-0.2, 0) is 29.3 Å². The smallest absolute Gasteiger partial charge is 0.110 e. The molecule has 0 amide bonds. The van der Waals surface area contributed by atoms with E-state index in [-0.39, 0.29) is 12.2 Å². The minimum Gasteiger partial charge on any atom is -0.251 e. The lowest BCUT2D eigenvalue weighted by atomic mass is 10.1. The molecule has 8 heteroatoms. The normalized spacial score (nSPS) is 9.62. The zero-order valence-corrected chi connectivity index (χ0v) is 33.2. The van der Waals surface area contributed by atoms with Gasteiger partial charge < -0.3 is 0 Å². The first-order valence-electron chi connectivity index (χ1n) is 16.9. The van der Waals surface area contributed by atoms with Crippen LogP contribution in [0.5, 0.6) is 0 Å². The van der Waals surface area contributed by atoms with Crippen molar-refractivity contribution >= 4 is 10.8 Å². The SMILES string of the molecule is C=C(C)C(C)OO.C=C(C)C(C)OO.C=C=CCOOC.C=C=CCOOC.CCC.c1ccc2ccccc2c1.c1ccccc1.c1ccccc1. The highest BCUT2D eigenvalue weighted by Gasteiger charge is 1.98. The van der Waals surface area contributed by atoms with Gasteiger partial charge in [-0.25, -0.2) is 29.3 Å². The van der Waals surface area contributed by atoms with E-state index in [9.17, 15) is 0 Å². The average Bonchev–Trinajstić information content (AvgIpc) is 3.20. The number of fused-ring (bicyclic) bond motifs is 1. The third-order valence-corrected chi connectivity index (χ3v) is 5.52. The summed E-state index contributed by atoms with van der Waals surface area (Å²) < 4.78 is 0. The van der Waals surface area contributed by atoms with Gasteiger partial charge in [-0.15, -0.1) is 11.5 Å². The van der Waals surface area contributed by atoms with Crippen LogP contribution in [-0.4, -0.2) is 50.2 Å². The van der Waals surface area contributed by atoms with Gasteiger partial charge in [0.05, 0.1) is 14.2 Å². The summed E-state index contributed by atoms with van der Waals surface area (Å²) in [6.07, 6.45) is 4.03. The highest BCUT2D eigenvalue weighted by molar-refractivity contribution is 5.82. The van der Waals surface area contributed by atoms with Crippen LogP contribution in [0.4, 0.5) is 0 Å². The van der Waals surface area contributed by atoms with Gasteiger partial charge in [-0.3, -0.25) is 10.5 Å². The number of hydrogen-bond acceptors (Lipinski definition) is 8. The Bertz CT molecular complexity index is 1220. The second-order valence-corrected chi connectivity index (χ2v) is 10.3. The minimum atomic E-state index is -0.236. The van der Waals surface area contributed by atoms with Crippen LogP contribution >= 0.6 is 0 Å². The van der Waals surface area contributed by atoms with Gasteiger partial charge in [0, 0.05) is 0 Å². The predicted octanol–water partition coefficient (Wildman–Crippen LogP) is 12.3. The lowest BCUT2D eigenvalue weighted by Gasteiger charge is -2.03. The first kappa shape index (κ1) is 55.1. The van der Waals surface area contributed by atoms with E-state index < -0.39 is 0 Å². The first-order valence-corrected chi connectivity index (χ1v) is 16.9. The van der Waals surface area contributed by atoms with Crippen molar-refractivity contribution in [2.75, 3.05) is 27.4 Å². The Morgan fingerprint density at radius 2 is 0.792 bits per heavy atom. The minimum absolute atomic E-state index is 0.236. The van der Waals surface area contributed by atoms with Gasteiger partial charge in [-0.1, -0.05) is 168 Å². The van der Waals surface area contributed by atoms with Crippen molar-refractivity contribution in [3.05, 3.63) is 182 Å². The van der Waals surface area contributed by atoms with Crippen LogP contribution in [0.3, 0.4) is 0 Å². The van der Waals surface area contributed by atoms with Crippen LogP contribution in [0, 0.1) is 0 Å². The summed E-state index contributed by atoms with van der Waals surface area (Å²) in [5.74, 6) is 0. The Morgan fingerprint density at radius 1 is 0.566 bits per heavy atom. The molecule has 0 aromatic heterocycles. The summed E-state index contributed by atoms with van der Waals surface area (Å²) >= 11 is 0. The second kappa shape index (κ2) is 47.3. The molecule has 0 saturated heterocycles. The lowest BCUT2D eigenvalue weighted by Crippen LogP contribution is -2.04. The van der Waals surface area contributed by atoms with Crippen molar-refractivity contribution in [2.24, 2.45) is 0 Å². The van der Waals surface area contributed by atoms with Crippen molar-refractivity contribution in [1.82, 2.24) is 0 Å². The summed E-state index contributed by atoms with van der Waals surface area (Å²) in [5.41, 5.74) is 6.69. The fourth-order valence-electron chi connectivity index (χ4n) is 2.40. The second-order valence-electron chi connectivity index (χ2n) is 10.3. The van der Waals surface area contributed by atoms with Gasteiger partial charge in [0.15, 0.2) is 0 Å². The number of hydrogen-bond donors (Lipinski definition) is 2. The van der Waals surface area contributed by atoms with Gasteiger partial charge in [0.1, 0.15) is 25.4 Å². The molecule has 0 aliphatic heterocycles. The molecular formula is C45H64O8. The molecule has 8 nitrogen and oxygen atoms in total. The molecule has 0 heterocycles. The molecule has 2 unspecified atom stereocenters. The molecule has 0 bridgehead atoms. The Morgan fingerprint density at radius 3 is 0.925 bits per heavy atom. The van der Waals surface area contributed by atoms with E-state index in [4.69, 9.17) is 10.5 Å². The topological polar surface area (TPSA) is 95.8 Å². The molecule has 53 heavy (non-hydrogen) atoms. The third-order valence-electron chi connectivity index (χ3n) is 5.52. The number of rotatable bonds is 10. The standard InChI is InChI=1S/C10H8.2C6H6.2C5H10O2.2C5H8O2.C3H8/c1-2-6-10-8-4-3-7-9(10)5-1;2*1-2-4-6-5-3-1;2*1-4(2)5(3)7-6;2*1-3-4-5-7-6-2;1-3-2/h1-8H;2*1-6H;2*5-6H,1H2,2-3H3;2*4H,1,5H2,2H3;3H2,1-2H3. The van der Waals surface area contributed by atoms with Gasteiger partial charge >= 0.3 is 0 Å². The molecule has 4 aromatic carbocycles. The molecule has 0 aliphatic carbocycles. The van der Waals surface area contributed by atoms with E-state index in [0.29, 0.717) is 13.2 Å². The van der Waals surface area contributed by atoms with Gasteiger partial charge in [0.25, 0.3) is 0 Å². The summed E-state index contributed by atoms with van der Waals surface area (Å²) in [7, 11) is 2.91. The highest BCUT2D eigenvalue weighted by atomic mass is 17.2. The lowest BCUT2D eigenvalue weighted by molar-refractivity contribution is -0.263. The molecule has 2 N–H and O–H groups in total. The van der Waals surface area contributed by atoms with Gasteiger partial charge in [0.2, 0.25) is 0 Å². The van der Waals surface area contributed by atoms with E-state index in [1.807, 2.05) is 72.8 Å². The van der Waals surface area contributed by atoms with E-state index in [1.165, 1.54) is 31.4 Å². The Hall–Kier alpha value is -4.66. The largest absolute Gasteiger partial charge is 0.251 e. The molecule has 4 aromatic rings. The van der Waals surface area contributed by atoms with Gasteiger partial charge in [-0.05, 0) is 61.8 Å². The van der Waals surface area contributed by atoms with Crippen LogP contribution < -0.4 is 0 Å². The molecule has 292 valence electrons. The molecule has 0 fully saturated rings. The zero-order valence-electron chi connectivity index (χ0n) is 33.2. The molecule has 0 spiro atoms. The summed E-state index contributed by atoms with van der Waals surface area (Å²) in [6.45, 7) is 25.8. The average molecular weight is 733 g/mol. The zero-order chi connectivity index (χ0) is 40.8. The van der Waals surface area contributed by atoms with Crippen LogP contribution in [0.1, 0.15) is 48.0 Å². The van der Waals surface area contributed by atoms with Crippen LogP contribution in [0.15, 0.2) is 182 Å². The first-order chi connectivity index (χ1) is 25.6. The van der Waals surface area contributed by atoms with Crippen molar-refractivity contribution in [3.63, 3.8) is 0 Å². The summed E-state index contributed by atoms with van der Waals surface area (Å²) in [4.78, 5) is 25.1. The Kier molecular flexibility index (Phi) is 49.2. The molecule has 0 radical (unpaired) electrons. The van der Waals surface area contributed by atoms with E-state index in [1.54, 1.807) is 39.8 Å². The quantitative estimate of drug-likeness (QED) is 0.0547. The maximum Gasteiger partial charge on any atom is 0.110 e. The molecular weight excluding hydrogens is 668 g/mol. The fourth-order valence-corrected chi connectivity index (χ4v) is 2.40. The molecule has 2 atom stereocenters. The maximum absolute atomic E-state index is 7.94. The Labute approximate surface area is 320 Å². The summed E-state index contributed by atoms with van der Waals surface area (Å²) in [6, 6.07) is 40.7. The van der Waals surface area contributed by atoms with Crippen LogP contribution in [0.25, 0.3) is 10.8 Å². The van der Waals surface area contributed by atoms with E-state index >= 15 is 0 Å². The monoisotopic (exact) mass is 732 g/mol. The fraction of sp³-hybridized carbons (Fsp3) is 0.289. The molecule has 4 rings (SSSR count). The van der Waals surface area contributed by atoms with Gasteiger partial charge in [-0.2, -0.15) is 0 Å². The highest BCUT2D eigenvalue weighted by Crippen LogP contribution is 2.11. The van der Waals surface area contributed by atoms with Crippen molar-refractivity contribution in [1.29, 1.82) is 0 Å². The predicted molar refractivity (Wildman–Crippen MR) is 222 cm³/mol. The van der Waals surface area contributed by atoms with Crippen LogP contribution in [0.2, 0.25) is 0 Å². The van der Waals surface area contributed by atoms with Crippen molar-refractivity contribution in [2.45, 2.75) is 60.2 Å². The van der Waals surface area contributed by atoms with Crippen molar-refractivity contribution in [3.8, 4) is 0 Å². The number of benzene rings is 4. The summed E-state index contributed by atoms with van der Waals surface area (Å²) in [5, 5.41) is 18.5. The molecule has 0 aliphatic rings.